The minimum atomic E-state index is -1.17. The third kappa shape index (κ3) is 2.46. The van der Waals surface area contributed by atoms with Crippen LogP contribution in [0.15, 0.2) is 6.07 Å². The van der Waals surface area contributed by atoms with Crippen LogP contribution in [-0.4, -0.2) is 26.7 Å². The minimum Gasteiger partial charge on any atom is -0.494 e. The summed E-state index contributed by atoms with van der Waals surface area (Å²) in [5, 5.41) is 2.42. The topological polar surface area (TPSA) is 47.6 Å². The van der Waals surface area contributed by atoms with E-state index < -0.39 is 17.6 Å². The summed E-state index contributed by atoms with van der Waals surface area (Å²) in [6, 6.07) is 1.10. The second-order valence-corrected chi connectivity index (χ2v) is 3.10. The molecule has 94 valence electrons. The van der Waals surface area contributed by atoms with E-state index in [-0.39, 0.29) is 23.6 Å². The number of hydrogen-bond donors (Lipinski definition) is 1. The highest BCUT2D eigenvalue weighted by Gasteiger charge is 2.23. The molecule has 0 fully saturated rings. The highest BCUT2D eigenvalue weighted by atomic mass is 19.2. The lowest BCUT2D eigenvalue weighted by molar-refractivity contribution is 0.0526. The molecular formula is C11H13F2NO3. The van der Waals surface area contributed by atoms with Crippen molar-refractivity contribution in [3.63, 3.8) is 0 Å². The Hall–Kier alpha value is -1.85. The van der Waals surface area contributed by atoms with Crippen LogP contribution in [0.3, 0.4) is 0 Å². The maximum absolute atomic E-state index is 13.6. The fourth-order valence-corrected chi connectivity index (χ4v) is 1.37. The van der Waals surface area contributed by atoms with Crippen molar-refractivity contribution in [1.29, 1.82) is 0 Å². The van der Waals surface area contributed by atoms with Gasteiger partial charge < -0.3 is 14.8 Å². The average molecular weight is 245 g/mol. The van der Waals surface area contributed by atoms with Gasteiger partial charge >= 0.3 is 5.97 Å². The van der Waals surface area contributed by atoms with Crippen molar-refractivity contribution in [3.05, 3.63) is 23.3 Å². The van der Waals surface area contributed by atoms with Gasteiger partial charge in [0.25, 0.3) is 0 Å². The van der Waals surface area contributed by atoms with E-state index in [0.29, 0.717) is 0 Å². The fourth-order valence-electron chi connectivity index (χ4n) is 1.37. The van der Waals surface area contributed by atoms with E-state index in [4.69, 9.17) is 4.74 Å². The number of anilines is 1. The number of rotatable bonds is 4. The van der Waals surface area contributed by atoms with Crippen LogP contribution in [-0.2, 0) is 4.74 Å². The molecule has 1 N–H and O–H groups in total. The van der Waals surface area contributed by atoms with Gasteiger partial charge in [0, 0.05) is 7.05 Å². The summed E-state index contributed by atoms with van der Waals surface area (Å²) in [7, 11) is 2.57. The van der Waals surface area contributed by atoms with Crippen LogP contribution in [0, 0.1) is 11.6 Å². The number of halogens is 2. The van der Waals surface area contributed by atoms with Crippen molar-refractivity contribution >= 4 is 11.7 Å². The molecule has 0 unspecified atom stereocenters. The normalized spacial score (nSPS) is 9.94. The van der Waals surface area contributed by atoms with Gasteiger partial charge in [-0.2, -0.15) is 4.39 Å². The SMILES string of the molecule is CCOC(=O)c1cc(OC)c(F)c(F)c1NC. The summed E-state index contributed by atoms with van der Waals surface area (Å²) < 4.78 is 36.4. The summed E-state index contributed by atoms with van der Waals surface area (Å²) >= 11 is 0. The lowest BCUT2D eigenvalue weighted by Gasteiger charge is -2.12. The molecule has 0 spiro atoms. The third-order valence-corrected chi connectivity index (χ3v) is 2.14. The van der Waals surface area contributed by atoms with Crippen LogP contribution in [0.1, 0.15) is 17.3 Å². The Kier molecular flexibility index (Phi) is 4.25. The number of nitrogens with one attached hydrogen (secondary N) is 1. The Morgan fingerprint density at radius 2 is 2.06 bits per heavy atom. The first-order valence-electron chi connectivity index (χ1n) is 4.97. The molecule has 0 heterocycles. The average Bonchev–Trinajstić information content (AvgIpc) is 2.32. The number of methoxy groups -OCH3 is 1. The van der Waals surface area contributed by atoms with Crippen LogP contribution < -0.4 is 10.1 Å². The molecule has 6 heteroatoms. The number of carbonyl (C=O) groups excluding carboxylic acids is 1. The summed E-state index contributed by atoms with van der Waals surface area (Å²) in [6.07, 6.45) is 0. The second-order valence-electron chi connectivity index (χ2n) is 3.10. The second kappa shape index (κ2) is 5.47. The summed E-state index contributed by atoms with van der Waals surface area (Å²) in [5.74, 6) is -3.40. The van der Waals surface area contributed by atoms with Gasteiger partial charge in [-0.15, -0.1) is 0 Å². The number of ether oxygens (including phenoxy) is 2. The van der Waals surface area contributed by atoms with Crippen molar-refractivity contribution in [3.8, 4) is 5.75 Å². The monoisotopic (exact) mass is 245 g/mol. The van der Waals surface area contributed by atoms with Crippen LogP contribution >= 0.6 is 0 Å². The van der Waals surface area contributed by atoms with E-state index in [1.807, 2.05) is 0 Å². The van der Waals surface area contributed by atoms with Gasteiger partial charge in [0.05, 0.1) is 25.0 Å². The largest absolute Gasteiger partial charge is 0.494 e. The molecule has 0 bridgehead atoms. The lowest BCUT2D eigenvalue weighted by Crippen LogP contribution is -2.11. The highest BCUT2D eigenvalue weighted by molar-refractivity contribution is 5.96. The first-order valence-corrected chi connectivity index (χ1v) is 4.97. The standard InChI is InChI=1S/C11H13F2NO3/c1-4-17-11(15)6-5-7(16-3)8(12)9(13)10(6)14-2/h5,14H,4H2,1-3H3. The number of carbonyl (C=O) groups is 1. The minimum absolute atomic E-state index is 0.106. The molecule has 1 aromatic rings. The molecule has 4 nitrogen and oxygen atoms in total. The maximum Gasteiger partial charge on any atom is 0.340 e. The van der Waals surface area contributed by atoms with Gasteiger partial charge in [-0.25, -0.2) is 9.18 Å². The van der Waals surface area contributed by atoms with Gasteiger partial charge in [0.15, 0.2) is 11.6 Å². The molecule has 1 aromatic carbocycles. The third-order valence-electron chi connectivity index (χ3n) is 2.14. The molecule has 0 aromatic heterocycles. The van der Waals surface area contributed by atoms with Crippen LogP contribution in [0.4, 0.5) is 14.5 Å². The van der Waals surface area contributed by atoms with Crippen LogP contribution in [0.5, 0.6) is 5.75 Å². The predicted octanol–water partition coefficient (Wildman–Crippen LogP) is 2.19. The zero-order valence-electron chi connectivity index (χ0n) is 9.77. The highest BCUT2D eigenvalue weighted by Crippen LogP contribution is 2.30. The Morgan fingerprint density at radius 1 is 1.41 bits per heavy atom. The Bertz CT molecular complexity index is 435. The van der Waals surface area contributed by atoms with Crippen molar-refractivity contribution in [2.45, 2.75) is 6.92 Å². The van der Waals surface area contributed by atoms with Gasteiger partial charge in [-0.3, -0.25) is 0 Å². The maximum atomic E-state index is 13.6. The van der Waals surface area contributed by atoms with E-state index in [1.54, 1.807) is 6.92 Å². The lowest BCUT2D eigenvalue weighted by atomic mass is 10.1. The van der Waals surface area contributed by atoms with Crippen molar-refractivity contribution in [1.82, 2.24) is 0 Å². The van der Waals surface area contributed by atoms with E-state index >= 15 is 0 Å². The van der Waals surface area contributed by atoms with Crippen molar-refractivity contribution in [2.75, 3.05) is 26.1 Å². The molecule has 17 heavy (non-hydrogen) atoms. The Labute approximate surface area is 97.5 Å². The molecule has 0 aliphatic heterocycles. The molecule has 0 amide bonds. The summed E-state index contributed by atoms with van der Waals surface area (Å²) in [6.45, 7) is 1.76. The Balaban J connectivity index is 3.37. The Morgan fingerprint density at radius 3 is 2.53 bits per heavy atom. The van der Waals surface area contributed by atoms with E-state index in [9.17, 15) is 13.6 Å². The van der Waals surface area contributed by atoms with Gasteiger partial charge in [0.1, 0.15) is 0 Å². The molecule has 0 radical (unpaired) electrons. The first kappa shape index (κ1) is 13.2. The number of benzene rings is 1. The van der Waals surface area contributed by atoms with E-state index in [1.165, 1.54) is 14.2 Å². The van der Waals surface area contributed by atoms with Gasteiger partial charge in [-0.1, -0.05) is 0 Å². The fraction of sp³-hybridized carbons (Fsp3) is 0.364. The molecule has 0 saturated carbocycles. The molecular weight excluding hydrogens is 232 g/mol. The van der Waals surface area contributed by atoms with Crippen molar-refractivity contribution < 1.29 is 23.0 Å². The quantitative estimate of drug-likeness (QED) is 0.826. The number of esters is 1. The molecule has 0 atom stereocenters. The molecule has 0 saturated heterocycles. The summed E-state index contributed by atoms with van der Waals surface area (Å²) in [4.78, 5) is 11.5. The van der Waals surface area contributed by atoms with E-state index in [2.05, 4.69) is 10.1 Å². The zero-order chi connectivity index (χ0) is 13.0. The summed E-state index contributed by atoms with van der Waals surface area (Å²) in [5.41, 5.74) is -0.355. The zero-order valence-corrected chi connectivity index (χ0v) is 9.77. The van der Waals surface area contributed by atoms with Crippen molar-refractivity contribution in [2.24, 2.45) is 0 Å². The van der Waals surface area contributed by atoms with Gasteiger partial charge in [0.2, 0.25) is 5.82 Å². The number of hydrogen-bond acceptors (Lipinski definition) is 4. The predicted molar refractivity (Wildman–Crippen MR) is 58.4 cm³/mol. The smallest absolute Gasteiger partial charge is 0.340 e. The van der Waals surface area contributed by atoms with Gasteiger partial charge in [-0.05, 0) is 13.0 Å². The van der Waals surface area contributed by atoms with Crippen LogP contribution in [0.25, 0.3) is 0 Å². The molecule has 1 rings (SSSR count). The molecule has 0 aliphatic rings. The van der Waals surface area contributed by atoms with E-state index in [0.717, 1.165) is 6.07 Å². The first-order chi connectivity index (χ1) is 8.06. The molecule has 0 aliphatic carbocycles. The van der Waals surface area contributed by atoms with Crippen LogP contribution in [0.2, 0.25) is 0 Å².